The van der Waals surface area contributed by atoms with Gasteiger partial charge in [0.1, 0.15) is 0 Å². The van der Waals surface area contributed by atoms with E-state index < -0.39 is 0 Å². The van der Waals surface area contributed by atoms with Crippen molar-refractivity contribution in [3.63, 3.8) is 0 Å². The second-order valence-electron chi connectivity index (χ2n) is 4.68. The molecule has 2 N–H and O–H groups in total. The molecule has 0 unspecified atom stereocenters. The highest BCUT2D eigenvalue weighted by molar-refractivity contribution is 7.97. The average Bonchev–Trinajstić information content (AvgIpc) is 2.49. The van der Waals surface area contributed by atoms with Crippen LogP contribution in [-0.4, -0.2) is 14.1 Å². The van der Waals surface area contributed by atoms with Crippen LogP contribution in [0, 0.1) is 0 Å². The standard InChI is InChI=1S/C17H22N2S/c1-4-13-9-10-15(14(11-13)12-18-2)16-7-5-6-8-17(16)20-19-3/h5-11,18-19H,4,12H2,1-3H3. The lowest BCUT2D eigenvalue weighted by atomic mass is 9.96. The van der Waals surface area contributed by atoms with E-state index >= 15 is 0 Å². The number of aryl methyl sites for hydroxylation is 1. The molecule has 0 atom stereocenters. The summed E-state index contributed by atoms with van der Waals surface area (Å²) in [5.41, 5.74) is 5.35. The third-order valence-electron chi connectivity index (χ3n) is 3.33. The van der Waals surface area contributed by atoms with Crippen molar-refractivity contribution in [1.29, 1.82) is 0 Å². The Hall–Kier alpha value is -1.29. The smallest absolute Gasteiger partial charge is 0.0306 e. The van der Waals surface area contributed by atoms with Gasteiger partial charge in [0.2, 0.25) is 0 Å². The number of rotatable bonds is 6. The van der Waals surface area contributed by atoms with Gasteiger partial charge >= 0.3 is 0 Å². The Morgan fingerprint density at radius 3 is 2.50 bits per heavy atom. The van der Waals surface area contributed by atoms with E-state index in [0.717, 1.165) is 13.0 Å². The molecule has 0 radical (unpaired) electrons. The van der Waals surface area contributed by atoms with Crippen LogP contribution in [-0.2, 0) is 13.0 Å². The zero-order valence-electron chi connectivity index (χ0n) is 12.4. The fourth-order valence-corrected chi connectivity index (χ4v) is 3.01. The van der Waals surface area contributed by atoms with Crippen molar-refractivity contribution >= 4 is 11.9 Å². The van der Waals surface area contributed by atoms with E-state index in [0.29, 0.717) is 0 Å². The Kier molecular flexibility index (Phi) is 5.65. The maximum atomic E-state index is 3.27. The summed E-state index contributed by atoms with van der Waals surface area (Å²) in [7, 11) is 3.95. The van der Waals surface area contributed by atoms with Crippen LogP contribution in [0.15, 0.2) is 47.4 Å². The molecular formula is C17H22N2S. The molecule has 0 saturated heterocycles. The van der Waals surface area contributed by atoms with E-state index in [2.05, 4.69) is 59.4 Å². The summed E-state index contributed by atoms with van der Waals surface area (Å²) in [6, 6.07) is 15.3. The largest absolute Gasteiger partial charge is 0.316 e. The van der Waals surface area contributed by atoms with Gasteiger partial charge in [-0.1, -0.05) is 43.3 Å². The molecule has 20 heavy (non-hydrogen) atoms. The van der Waals surface area contributed by atoms with Gasteiger partial charge in [0.15, 0.2) is 0 Å². The summed E-state index contributed by atoms with van der Waals surface area (Å²) < 4.78 is 3.17. The second-order valence-corrected chi connectivity index (χ2v) is 5.73. The lowest BCUT2D eigenvalue weighted by Gasteiger charge is -2.14. The van der Waals surface area contributed by atoms with E-state index in [1.54, 1.807) is 11.9 Å². The molecular weight excluding hydrogens is 264 g/mol. The molecule has 0 heterocycles. The first-order valence-electron chi connectivity index (χ1n) is 6.99. The topological polar surface area (TPSA) is 24.1 Å². The molecule has 2 aromatic rings. The van der Waals surface area contributed by atoms with E-state index in [1.165, 1.54) is 27.1 Å². The minimum absolute atomic E-state index is 0.891. The third-order valence-corrected chi connectivity index (χ3v) is 4.11. The Morgan fingerprint density at radius 1 is 1.00 bits per heavy atom. The molecule has 106 valence electrons. The van der Waals surface area contributed by atoms with Gasteiger partial charge in [0, 0.05) is 11.4 Å². The first-order valence-corrected chi connectivity index (χ1v) is 7.81. The number of hydrogen-bond acceptors (Lipinski definition) is 3. The van der Waals surface area contributed by atoms with Gasteiger partial charge in [0.25, 0.3) is 0 Å². The van der Waals surface area contributed by atoms with Gasteiger partial charge in [-0.15, -0.1) is 0 Å². The quantitative estimate of drug-likeness (QED) is 0.789. The van der Waals surface area contributed by atoms with Crippen LogP contribution < -0.4 is 10.0 Å². The first-order chi connectivity index (χ1) is 9.80. The second kappa shape index (κ2) is 7.48. The monoisotopic (exact) mass is 286 g/mol. The summed E-state index contributed by atoms with van der Waals surface area (Å²) in [5.74, 6) is 0. The SMILES string of the molecule is CCc1ccc(-c2ccccc2SNC)c(CNC)c1. The normalized spacial score (nSPS) is 10.8. The number of hydrogen-bond donors (Lipinski definition) is 2. The van der Waals surface area contributed by atoms with Crippen molar-refractivity contribution < 1.29 is 0 Å². The van der Waals surface area contributed by atoms with Gasteiger partial charge in [-0.2, -0.15) is 0 Å². The zero-order valence-corrected chi connectivity index (χ0v) is 13.2. The molecule has 0 aliphatic heterocycles. The zero-order chi connectivity index (χ0) is 14.4. The molecule has 0 amide bonds. The fraction of sp³-hybridized carbons (Fsp3) is 0.294. The highest BCUT2D eigenvalue weighted by atomic mass is 32.2. The van der Waals surface area contributed by atoms with Crippen molar-refractivity contribution in [3.8, 4) is 11.1 Å². The van der Waals surface area contributed by atoms with Crippen LogP contribution in [0.3, 0.4) is 0 Å². The van der Waals surface area contributed by atoms with Crippen LogP contribution in [0.5, 0.6) is 0 Å². The van der Waals surface area contributed by atoms with Crippen molar-refractivity contribution in [3.05, 3.63) is 53.6 Å². The van der Waals surface area contributed by atoms with Crippen molar-refractivity contribution in [2.45, 2.75) is 24.8 Å². The number of nitrogens with one attached hydrogen (secondary N) is 2. The third kappa shape index (κ3) is 3.42. The van der Waals surface area contributed by atoms with Gasteiger partial charge < -0.3 is 5.32 Å². The van der Waals surface area contributed by atoms with Crippen LogP contribution in [0.2, 0.25) is 0 Å². The molecule has 3 heteroatoms. The minimum atomic E-state index is 0.891. The molecule has 2 aromatic carbocycles. The molecule has 0 spiro atoms. The molecule has 2 rings (SSSR count). The van der Waals surface area contributed by atoms with Crippen molar-refractivity contribution in [1.82, 2.24) is 10.0 Å². The average molecular weight is 286 g/mol. The maximum Gasteiger partial charge on any atom is 0.0306 e. The molecule has 0 bridgehead atoms. The van der Waals surface area contributed by atoms with Crippen LogP contribution in [0.1, 0.15) is 18.1 Å². The molecule has 0 aromatic heterocycles. The highest BCUT2D eigenvalue weighted by Crippen LogP contribution is 2.32. The van der Waals surface area contributed by atoms with Gasteiger partial charge in [-0.05, 0) is 60.8 Å². The molecule has 0 fully saturated rings. The Balaban J connectivity index is 2.51. The van der Waals surface area contributed by atoms with Crippen LogP contribution in [0.4, 0.5) is 0 Å². The molecule has 0 saturated carbocycles. The van der Waals surface area contributed by atoms with Crippen molar-refractivity contribution in [2.75, 3.05) is 14.1 Å². The van der Waals surface area contributed by atoms with Crippen LogP contribution >= 0.6 is 11.9 Å². The van der Waals surface area contributed by atoms with Gasteiger partial charge in [0.05, 0.1) is 0 Å². The van der Waals surface area contributed by atoms with E-state index in [1.807, 2.05) is 14.1 Å². The summed E-state index contributed by atoms with van der Waals surface area (Å²) in [6.45, 7) is 3.09. The maximum absolute atomic E-state index is 3.27. The Bertz CT molecular complexity index is 567. The van der Waals surface area contributed by atoms with E-state index in [4.69, 9.17) is 0 Å². The predicted molar refractivity (Wildman–Crippen MR) is 88.9 cm³/mol. The summed E-state index contributed by atoms with van der Waals surface area (Å²) in [6.07, 6.45) is 1.07. The molecule has 0 aliphatic carbocycles. The lowest BCUT2D eigenvalue weighted by molar-refractivity contribution is 0.817. The van der Waals surface area contributed by atoms with Crippen molar-refractivity contribution in [2.24, 2.45) is 0 Å². The Morgan fingerprint density at radius 2 is 1.80 bits per heavy atom. The minimum Gasteiger partial charge on any atom is -0.316 e. The van der Waals surface area contributed by atoms with E-state index in [-0.39, 0.29) is 0 Å². The molecule has 2 nitrogen and oxygen atoms in total. The van der Waals surface area contributed by atoms with E-state index in [9.17, 15) is 0 Å². The van der Waals surface area contributed by atoms with Gasteiger partial charge in [-0.3, -0.25) is 4.72 Å². The summed E-state index contributed by atoms with van der Waals surface area (Å²) in [5, 5.41) is 3.27. The summed E-state index contributed by atoms with van der Waals surface area (Å²) in [4.78, 5) is 1.26. The highest BCUT2D eigenvalue weighted by Gasteiger charge is 2.09. The van der Waals surface area contributed by atoms with Gasteiger partial charge in [-0.25, -0.2) is 0 Å². The lowest BCUT2D eigenvalue weighted by Crippen LogP contribution is -2.07. The summed E-state index contributed by atoms with van der Waals surface area (Å²) >= 11 is 1.66. The molecule has 0 aliphatic rings. The Labute approximate surface area is 126 Å². The fourth-order valence-electron chi connectivity index (χ4n) is 2.35. The van der Waals surface area contributed by atoms with Crippen LogP contribution in [0.25, 0.3) is 11.1 Å². The first kappa shape index (κ1) is 15.1. The number of benzene rings is 2. The predicted octanol–water partition coefficient (Wildman–Crippen LogP) is 3.86.